The third-order valence-corrected chi connectivity index (χ3v) is 5.05. The van der Waals surface area contributed by atoms with Crippen LogP contribution in [0.3, 0.4) is 0 Å². The van der Waals surface area contributed by atoms with E-state index in [0.717, 1.165) is 31.7 Å². The molecule has 0 bridgehead atoms. The zero-order valence-corrected chi connectivity index (χ0v) is 15.9. The van der Waals surface area contributed by atoms with Gasteiger partial charge >= 0.3 is 0 Å². The lowest BCUT2D eigenvalue weighted by Crippen LogP contribution is -2.52. The Morgan fingerprint density at radius 2 is 1.96 bits per heavy atom. The van der Waals surface area contributed by atoms with Gasteiger partial charge in [0.15, 0.2) is 11.5 Å². The van der Waals surface area contributed by atoms with Crippen molar-refractivity contribution in [3.8, 4) is 11.5 Å². The molecule has 1 aliphatic heterocycles. The van der Waals surface area contributed by atoms with Crippen molar-refractivity contribution < 1.29 is 19.0 Å². The van der Waals surface area contributed by atoms with Crippen LogP contribution >= 0.6 is 0 Å². The summed E-state index contributed by atoms with van der Waals surface area (Å²) in [4.78, 5) is 4.51. The number of benzene rings is 2. The van der Waals surface area contributed by atoms with E-state index in [0.29, 0.717) is 17.1 Å². The summed E-state index contributed by atoms with van der Waals surface area (Å²) in [6.45, 7) is 3.78. The van der Waals surface area contributed by atoms with Crippen LogP contribution in [-0.4, -0.2) is 61.3 Å². The van der Waals surface area contributed by atoms with Crippen molar-refractivity contribution in [3.05, 3.63) is 59.4 Å². The lowest BCUT2D eigenvalue weighted by Gasteiger charge is -2.38. The van der Waals surface area contributed by atoms with Crippen molar-refractivity contribution in [3.63, 3.8) is 0 Å². The number of ether oxygens (including phenoxy) is 2. The van der Waals surface area contributed by atoms with Gasteiger partial charge in [-0.2, -0.15) is 0 Å². The Morgan fingerprint density at radius 1 is 1.15 bits per heavy atom. The van der Waals surface area contributed by atoms with Crippen LogP contribution in [0.4, 0.5) is 4.39 Å². The van der Waals surface area contributed by atoms with Gasteiger partial charge in [0.05, 0.1) is 13.7 Å². The van der Waals surface area contributed by atoms with Crippen LogP contribution in [0.15, 0.2) is 42.5 Å². The van der Waals surface area contributed by atoms with E-state index in [9.17, 15) is 9.50 Å². The predicted molar refractivity (Wildman–Crippen MR) is 103 cm³/mol. The van der Waals surface area contributed by atoms with Gasteiger partial charge in [-0.15, -0.1) is 0 Å². The van der Waals surface area contributed by atoms with Gasteiger partial charge in [0.2, 0.25) is 0 Å². The molecule has 0 radical (unpaired) electrons. The molecule has 1 saturated heterocycles. The van der Waals surface area contributed by atoms with Gasteiger partial charge in [-0.3, -0.25) is 9.80 Å². The van der Waals surface area contributed by atoms with E-state index < -0.39 is 0 Å². The minimum absolute atomic E-state index is 0.146. The highest BCUT2D eigenvalue weighted by Gasteiger charge is 2.23. The van der Waals surface area contributed by atoms with E-state index in [2.05, 4.69) is 9.80 Å². The van der Waals surface area contributed by atoms with Crippen LogP contribution in [0.1, 0.15) is 11.1 Å². The minimum atomic E-state index is -0.278. The fourth-order valence-corrected chi connectivity index (χ4v) is 3.31. The molecule has 0 amide bonds. The van der Waals surface area contributed by atoms with Crippen molar-refractivity contribution in [2.75, 3.05) is 40.4 Å². The number of methoxy groups -OCH3 is 1. The molecule has 1 N–H and O–H groups in total. The van der Waals surface area contributed by atoms with Gasteiger partial charge in [0.25, 0.3) is 0 Å². The highest BCUT2D eigenvalue weighted by molar-refractivity contribution is 5.43. The fourth-order valence-electron chi connectivity index (χ4n) is 3.31. The van der Waals surface area contributed by atoms with E-state index in [4.69, 9.17) is 9.47 Å². The van der Waals surface area contributed by atoms with Crippen LogP contribution in [0.5, 0.6) is 11.5 Å². The van der Waals surface area contributed by atoms with Gasteiger partial charge < -0.3 is 14.6 Å². The zero-order chi connectivity index (χ0) is 19.2. The second kappa shape index (κ2) is 9.17. The second-order valence-electron chi connectivity index (χ2n) is 6.92. The van der Waals surface area contributed by atoms with Gasteiger partial charge in [0, 0.05) is 37.8 Å². The van der Waals surface area contributed by atoms with E-state index in [1.807, 2.05) is 25.2 Å². The Bertz CT molecular complexity index is 756. The molecule has 2 aromatic rings. The maximum atomic E-state index is 13.8. The SMILES string of the molecule is COc1ccc(CN2CCN(C)[C@@H](CO)C2)cc1OCc1ccccc1F. The summed E-state index contributed by atoms with van der Waals surface area (Å²) in [5, 5.41) is 9.52. The molecule has 3 rings (SSSR count). The average Bonchev–Trinajstić information content (AvgIpc) is 2.69. The molecule has 27 heavy (non-hydrogen) atoms. The average molecular weight is 374 g/mol. The monoisotopic (exact) mass is 374 g/mol. The topological polar surface area (TPSA) is 45.2 Å². The molecule has 1 aliphatic rings. The molecule has 0 spiro atoms. The summed E-state index contributed by atoms with van der Waals surface area (Å²) in [6, 6.07) is 12.6. The van der Waals surface area contributed by atoms with Crippen LogP contribution in [0.25, 0.3) is 0 Å². The van der Waals surface area contributed by atoms with E-state index in [1.54, 1.807) is 25.3 Å². The van der Waals surface area contributed by atoms with Gasteiger partial charge in [-0.05, 0) is 30.8 Å². The third kappa shape index (κ3) is 4.97. The molecule has 1 atom stereocenters. The number of hydrogen-bond acceptors (Lipinski definition) is 5. The van der Waals surface area contributed by atoms with Gasteiger partial charge in [-0.1, -0.05) is 24.3 Å². The Hall–Kier alpha value is -2.15. The number of aliphatic hydroxyl groups is 1. The van der Waals surface area contributed by atoms with E-state index >= 15 is 0 Å². The number of aliphatic hydroxyl groups excluding tert-OH is 1. The number of nitrogens with zero attached hydrogens (tertiary/aromatic N) is 2. The largest absolute Gasteiger partial charge is 0.493 e. The normalized spacial score (nSPS) is 18.4. The first-order valence-corrected chi connectivity index (χ1v) is 9.17. The van der Waals surface area contributed by atoms with Crippen LogP contribution in [0.2, 0.25) is 0 Å². The molecule has 0 saturated carbocycles. The molecule has 146 valence electrons. The second-order valence-corrected chi connectivity index (χ2v) is 6.92. The van der Waals surface area contributed by atoms with E-state index in [-0.39, 0.29) is 25.1 Å². The highest BCUT2D eigenvalue weighted by Crippen LogP contribution is 2.30. The lowest BCUT2D eigenvalue weighted by molar-refractivity contribution is 0.0539. The lowest BCUT2D eigenvalue weighted by atomic mass is 10.1. The molecular weight excluding hydrogens is 347 g/mol. The molecule has 0 aromatic heterocycles. The first-order chi connectivity index (χ1) is 13.1. The first kappa shape index (κ1) is 19.6. The maximum Gasteiger partial charge on any atom is 0.161 e. The summed E-state index contributed by atoms with van der Waals surface area (Å²) in [7, 11) is 3.64. The highest BCUT2D eigenvalue weighted by atomic mass is 19.1. The summed E-state index contributed by atoms with van der Waals surface area (Å²) in [6.07, 6.45) is 0. The molecule has 0 unspecified atom stereocenters. The molecule has 0 aliphatic carbocycles. The fraction of sp³-hybridized carbons (Fsp3) is 0.429. The molecule has 1 heterocycles. The van der Waals surface area contributed by atoms with Crippen LogP contribution in [0, 0.1) is 5.82 Å². The van der Waals surface area contributed by atoms with Gasteiger partial charge in [0.1, 0.15) is 12.4 Å². The number of hydrogen-bond donors (Lipinski definition) is 1. The number of piperazine rings is 1. The van der Waals surface area contributed by atoms with Crippen molar-refractivity contribution in [2.24, 2.45) is 0 Å². The number of rotatable bonds is 7. The Kier molecular flexibility index (Phi) is 6.66. The Labute approximate surface area is 159 Å². The van der Waals surface area contributed by atoms with E-state index in [1.165, 1.54) is 6.07 Å². The number of likely N-dealkylation sites (N-methyl/N-ethyl adjacent to an activating group) is 1. The Morgan fingerprint density at radius 3 is 2.70 bits per heavy atom. The maximum absolute atomic E-state index is 13.8. The summed E-state index contributed by atoms with van der Waals surface area (Å²) in [5.41, 5.74) is 1.61. The van der Waals surface area contributed by atoms with Crippen molar-refractivity contribution >= 4 is 0 Å². The first-order valence-electron chi connectivity index (χ1n) is 9.17. The molecule has 1 fully saturated rings. The predicted octanol–water partition coefficient (Wildman–Crippen LogP) is 2.52. The van der Waals surface area contributed by atoms with Crippen molar-refractivity contribution in [1.82, 2.24) is 9.80 Å². The smallest absolute Gasteiger partial charge is 0.161 e. The molecule has 6 heteroatoms. The zero-order valence-electron chi connectivity index (χ0n) is 15.9. The van der Waals surface area contributed by atoms with Crippen molar-refractivity contribution in [1.29, 1.82) is 0 Å². The standard InChI is InChI=1S/C21H27FN2O3/c1-23-9-10-24(13-18(23)14-25)12-16-7-8-20(26-2)21(11-16)27-15-17-5-3-4-6-19(17)22/h3-8,11,18,25H,9-10,12-15H2,1-2H3/t18-/m1/s1. The summed E-state index contributed by atoms with van der Waals surface area (Å²) >= 11 is 0. The van der Waals surface area contributed by atoms with Gasteiger partial charge in [-0.25, -0.2) is 4.39 Å². The minimum Gasteiger partial charge on any atom is -0.493 e. The quantitative estimate of drug-likeness (QED) is 0.807. The van der Waals surface area contributed by atoms with Crippen LogP contribution in [-0.2, 0) is 13.2 Å². The Balaban J connectivity index is 1.69. The van der Waals surface area contributed by atoms with Crippen LogP contribution < -0.4 is 9.47 Å². The third-order valence-electron chi connectivity index (χ3n) is 5.05. The molecule has 5 nitrogen and oxygen atoms in total. The summed E-state index contributed by atoms with van der Waals surface area (Å²) in [5.74, 6) is 0.952. The number of halogens is 1. The summed E-state index contributed by atoms with van der Waals surface area (Å²) < 4.78 is 25.1. The molecule has 2 aromatic carbocycles. The van der Waals surface area contributed by atoms with Crippen molar-refractivity contribution in [2.45, 2.75) is 19.2 Å². The molecular formula is C21H27FN2O3.